The summed E-state index contributed by atoms with van der Waals surface area (Å²) in [5.41, 5.74) is 1.34. The van der Waals surface area contributed by atoms with Crippen LogP contribution in [0.2, 0.25) is 0 Å². The molecule has 2 aromatic carbocycles. The molecule has 2 rings (SSSR count). The number of urea groups is 1. The molecule has 6 nitrogen and oxygen atoms in total. The Balaban J connectivity index is 1.70. The van der Waals surface area contributed by atoms with Crippen LogP contribution in [-0.4, -0.2) is 49.8 Å². The van der Waals surface area contributed by atoms with E-state index in [1.54, 1.807) is 6.07 Å². The van der Waals surface area contributed by atoms with E-state index in [2.05, 4.69) is 10.6 Å². The third-order valence-electron chi connectivity index (χ3n) is 3.87. The van der Waals surface area contributed by atoms with Gasteiger partial charge in [-0.3, -0.25) is 0 Å². The first-order valence-electron chi connectivity index (χ1n) is 8.76. The van der Waals surface area contributed by atoms with Crippen LogP contribution in [0, 0.1) is 5.82 Å². The summed E-state index contributed by atoms with van der Waals surface area (Å²) in [5, 5.41) is 15.3. The number of aliphatic hydroxyl groups is 1. The van der Waals surface area contributed by atoms with E-state index in [0.717, 1.165) is 17.9 Å². The molecule has 2 aromatic rings. The van der Waals surface area contributed by atoms with E-state index in [4.69, 9.17) is 4.74 Å². The Morgan fingerprint density at radius 2 is 1.93 bits per heavy atom. The molecule has 1 unspecified atom stereocenters. The van der Waals surface area contributed by atoms with Crippen LogP contribution < -0.4 is 15.4 Å². The van der Waals surface area contributed by atoms with Crippen molar-refractivity contribution in [2.75, 3.05) is 33.8 Å². The molecule has 0 heterocycles. The van der Waals surface area contributed by atoms with E-state index < -0.39 is 18.0 Å². The van der Waals surface area contributed by atoms with Gasteiger partial charge in [0.15, 0.2) is 0 Å². The molecule has 0 fully saturated rings. The monoisotopic (exact) mass is 375 g/mol. The lowest BCUT2D eigenvalue weighted by molar-refractivity contribution is 0.172. The summed E-state index contributed by atoms with van der Waals surface area (Å²) >= 11 is 0. The van der Waals surface area contributed by atoms with Crippen molar-refractivity contribution >= 4 is 6.03 Å². The lowest BCUT2D eigenvalue weighted by Crippen LogP contribution is -2.37. The zero-order valence-electron chi connectivity index (χ0n) is 15.6. The molecule has 1 atom stereocenters. The van der Waals surface area contributed by atoms with E-state index >= 15 is 0 Å². The standard InChI is InChI=1S/C20H26FN3O3/c1-24(2)10-11-27-18-8-6-15(7-9-18)13-22-20(26)23-14-19(25)16-4-3-5-17(21)12-16/h3-9,12,19,25H,10-11,13-14H2,1-2H3,(H2,22,23,26). The molecule has 2 amide bonds. The largest absolute Gasteiger partial charge is 0.492 e. The molecule has 146 valence electrons. The molecular formula is C20H26FN3O3. The zero-order chi connectivity index (χ0) is 19.6. The zero-order valence-corrected chi connectivity index (χ0v) is 15.6. The van der Waals surface area contributed by atoms with Gasteiger partial charge < -0.3 is 25.4 Å². The van der Waals surface area contributed by atoms with E-state index in [-0.39, 0.29) is 6.54 Å². The number of aliphatic hydroxyl groups excluding tert-OH is 1. The van der Waals surface area contributed by atoms with Gasteiger partial charge in [-0.1, -0.05) is 24.3 Å². The first kappa shape index (κ1) is 20.7. The number of carbonyl (C=O) groups is 1. The fourth-order valence-corrected chi connectivity index (χ4v) is 2.32. The van der Waals surface area contributed by atoms with Crippen molar-refractivity contribution in [1.29, 1.82) is 0 Å². The lowest BCUT2D eigenvalue weighted by Gasteiger charge is -2.13. The number of hydrogen-bond acceptors (Lipinski definition) is 4. The van der Waals surface area contributed by atoms with Crippen LogP contribution in [0.15, 0.2) is 48.5 Å². The highest BCUT2D eigenvalue weighted by Gasteiger charge is 2.10. The molecule has 0 saturated carbocycles. The Morgan fingerprint density at radius 1 is 1.19 bits per heavy atom. The van der Waals surface area contributed by atoms with Crippen molar-refractivity contribution in [2.24, 2.45) is 0 Å². The van der Waals surface area contributed by atoms with Crippen LogP contribution in [0.4, 0.5) is 9.18 Å². The van der Waals surface area contributed by atoms with Crippen molar-refractivity contribution in [3.8, 4) is 5.75 Å². The number of ether oxygens (including phenoxy) is 1. The quantitative estimate of drug-likeness (QED) is 0.629. The van der Waals surface area contributed by atoms with Crippen LogP contribution in [0.3, 0.4) is 0 Å². The predicted octanol–water partition coefficient (Wildman–Crippen LogP) is 2.30. The summed E-state index contributed by atoms with van der Waals surface area (Å²) in [7, 11) is 3.97. The second kappa shape index (κ2) is 10.5. The Bertz CT molecular complexity index is 723. The minimum Gasteiger partial charge on any atom is -0.492 e. The summed E-state index contributed by atoms with van der Waals surface area (Å²) in [6.45, 7) is 1.79. The van der Waals surface area contributed by atoms with E-state index in [0.29, 0.717) is 18.7 Å². The number of amides is 2. The summed E-state index contributed by atoms with van der Waals surface area (Å²) in [4.78, 5) is 13.9. The number of hydrogen-bond donors (Lipinski definition) is 3. The van der Waals surface area contributed by atoms with Gasteiger partial charge in [-0.2, -0.15) is 0 Å². The second-order valence-electron chi connectivity index (χ2n) is 6.43. The number of carbonyl (C=O) groups excluding carboxylic acids is 1. The van der Waals surface area contributed by atoms with Gasteiger partial charge in [0.2, 0.25) is 0 Å². The maximum atomic E-state index is 13.1. The number of benzene rings is 2. The molecule has 0 saturated heterocycles. The smallest absolute Gasteiger partial charge is 0.315 e. The van der Waals surface area contributed by atoms with Gasteiger partial charge in [0, 0.05) is 19.6 Å². The topological polar surface area (TPSA) is 73.8 Å². The van der Waals surface area contributed by atoms with E-state index in [1.807, 2.05) is 43.3 Å². The Kier molecular flexibility index (Phi) is 8.03. The van der Waals surface area contributed by atoms with Crippen molar-refractivity contribution < 1.29 is 19.0 Å². The van der Waals surface area contributed by atoms with Gasteiger partial charge >= 0.3 is 6.03 Å². The van der Waals surface area contributed by atoms with Crippen molar-refractivity contribution in [1.82, 2.24) is 15.5 Å². The fourth-order valence-electron chi connectivity index (χ4n) is 2.32. The van der Waals surface area contributed by atoms with Crippen LogP contribution in [0.1, 0.15) is 17.2 Å². The van der Waals surface area contributed by atoms with Gasteiger partial charge in [0.25, 0.3) is 0 Å². The maximum Gasteiger partial charge on any atom is 0.315 e. The molecule has 0 aromatic heterocycles. The fraction of sp³-hybridized carbons (Fsp3) is 0.350. The molecule has 0 bridgehead atoms. The van der Waals surface area contributed by atoms with Crippen LogP contribution in [-0.2, 0) is 6.54 Å². The third kappa shape index (κ3) is 7.64. The molecule has 0 spiro atoms. The Hall–Kier alpha value is -2.64. The minimum absolute atomic E-state index is 0.00601. The number of nitrogens with zero attached hydrogens (tertiary/aromatic N) is 1. The molecule has 0 aliphatic heterocycles. The normalized spacial score (nSPS) is 11.9. The molecule has 7 heteroatoms. The van der Waals surface area contributed by atoms with Gasteiger partial charge in [0.1, 0.15) is 18.2 Å². The molecule has 27 heavy (non-hydrogen) atoms. The van der Waals surface area contributed by atoms with Crippen molar-refractivity contribution in [3.63, 3.8) is 0 Å². The van der Waals surface area contributed by atoms with Gasteiger partial charge in [-0.05, 0) is 49.5 Å². The highest BCUT2D eigenvalue weighted by atomic mass is 19.1. The van der Waals surface area contributed by atoms with Gasteiger partial charge in [0.05, 0.1) is 6.10 Å². The molecule has 0 radical (unpaired) electrons. The van der Waals surface area contributed by atoms with Crippen LogP contribution in [0.5, 0.6) is 5.75 Å². The molecule has 0 aliphatic carbocycles. The van der Waals surface area contributed by atoms with Crippen LogP contribution in [0.25, 0.3) is 0 Å². The highest BCUT2D eigenvalue weighted by molar-refractivity contribution is 5.73. The maximum absolute atomic E-state index is 13.1. The van der Waals surface area contributed by atoms with E-state index in [9.17, 15) is 14.3 Å². The van der Waals surface area contributed by atoms with Crippen LogP contribution >= 0.6 is 0 Å². The van der Waals surface area contributed by atoms with Gasteiger partial charge in [-0.25, -0.2) is 9.18 Å². The summed E-state index contributed by atoms with van der Waals surface area (Å²) < 4.78 is 18.8. The first-order valence-corrected chi connectivity index (χ1v) is 8.76. The van der Waals surface area contributed by atoms with Crippen molar-refractivity contribution in [2.45, 2.75) is 12.6 Å². The summed E-state index contributed by atoms with van der Waals surface area (Å²) in [6, 6.07) is 12.7. The highest BCUT2D eigenvalue weighted by Crippen LogP contribution is 2.13. The molecule has 3 N–H and O–H groups in total. The Morgan fingerprint density at radius 3 is 2.59 bits per heavy atom. The summed E-state index contributed by atoms with van der Waals surface area (Å²) in [6.07, 6.45) is -0.968. The first-order chi connectivity index (χ1) is 12.9. The molecule has 0 aliphatic rings. The number of nitrogens with one attached hydrogen (secondary N) is 2. The minimum atomic E-state index is -0.968. The third-order valence-corrected chi connectivity index (χ3v) is 3.87. The average molecular weight is 375 g/mol. The molecular weight excluding hydrogens is 349 g/mol. The number of halogens is 1. The lowest BCUT2D eigenvalue weighted by atomic mass is 10.1. The number of likely N-dealkylation sites (N-methyl/N-ethyl adjacent to an activating group) is 1. The predicted molar refractivity (Wildman–Crippen MR) is 102 cm³/mol. The van der Waals surface area contributed by atoms with Gasteiger partial charge in [-0.15, -0.1) is 0 Å². The van der Waals surface area contributed by atoms with Crippen molar-refractivity contribution in [3.05, 3.63) is 65.5 Å². The SMILES string of the molecule is CN(C)CCOc1ccc(CNC(=O)NCC(O)c2cccc(F)c2)cc1. The summed E-state index contributed by atoms with van der Waals surface area (Å²) in [5.74, 6) is 0.355. The second-order valence-corrected chi connectivity index (χ2v) is 6.43. The number of rotatable bonds is 9. The van der Waals surface area contributed by atoms with E-state index in [1.165, 1.54) is 18.2 Å². The Labute approximate surface area is 159 Å². The average Bonchev–Trinajstić information content (AvgIpc) is 2.65.